The highest BCUT2D eigenvalue weighted by atomic mass is 16.7. The second kappa shape index (κ2) is 12.0. The third-order valence-corrected chi connectivity index (χ3v) is 7.29. The van der Waals surface area contributed by atoms with E-state index in [-0.39, 0.29) is 12.2 Å². The van der Waals surface area contributed by atoms with E-state index < -0.39 is 0 Å². The summed E-state index contributed by atoms with van der Waals surface area (Å²) in [5.74, 6) is -0.232. The molecule has 5 heterocycles. The molecule has 0 bridgehead atoms. The minimum Gasteiger partial charge on any atom is -0.353 e. The number of anilines is 1. The number of hydrogen-bond donors (Lipinski definition) is 1. The normalized spacial score (nSPS) is 15.7. The highest BCUT2D eigenvalue weighted by Crippen LogP contribution is 2.29. The molecule has 1 atom stereocenters. The Kier molecular flexibility index (Phi) is 7.89. The molecule has 0 radical (unpaired) electrons. The molecule has 1 unspecified atom stereocenters. The minimum absolute atomic E-state index is 0.108. The number of amides is 1. The summed E-state index contributed by atoms with van der Waals surface area (Å²) in [7, 11) is 0. The van der Waals surface area contributed by atoms with Crippen molar-refractivity contribution in [3.63, 3.8) is 0 Å². The number of fused-ring (bicyclic) bond motifs is 2. The van der Waals surface area contributed by atoms with Crippen molar-refractivity contribution in [2.45, 2.75) is 52.4 Å². The summed E-state index contributed by atoms with van der Waals surface area (Å²) in [6.07, 6.45) is 11.3. The number of pyridine rings is 2. The lowest BCUT2D eigenvalue weighted by Crippen LogP contribution is -2.22. The van der Waals surface area contributed by atoms with Gasteiger partial charge in [-0.2, -0.15) is 5.10 Å². The third-order valence-electron chi connectivity index (χ3n) is 7.29. The molecule has 4 aromatic heterocycles. The van der Waals surface area contributed by atoms with Crippen molar-refractivity contribution in [3.05, 3.63) is 95.3 Å². The molecule has 5 aromatic rings. The van der Waals surface area contributed by atoms with E-state index in [1.807, 2.05) is 78.5 Å². The van der Waals surface area contributed by atoms with Gasteiger partial charge in [-0.3, -0.25) is 18.9 Å². The van der Waals surface area contributed by atoms with Crippen molar-refractivity contribution in [2.75, 3.05) is 18.5 Å². The van der Waals surface area contributed by atoms with E-state index in [0.29, 0.717) is 24.5 Å². The summed E-state index contributed by atoms with van der Waals surface area (Å²) in [5, 5.41) is 8.93. The van der Waals surface area contributed by atoms with E-state index >= 15 is 0 Å². The first kappa shape index (κ1) is 26.9. The van der Waals surface area contributed by atoms with Crippen molar-refractivity contribution in [1.82, 2.24) is 24.1 Å². The number of hydrogen-bond acceptors (Lipinski definition) is 6. The number of rotatable bonds is 9. The van der Waals surface area contributed by atoms with Gasteiger partial charge in [0.15, 0.2) is 6.29 Å². The van der Waals surface area contributed by atoms with E-state index in [9.17, 15) is 4.79 Å². The number of ether oxygens (including phenoxy) is 2. The molecule has 210 valence electrons. The fraction of sp³-hybridized carbons (Fsp3) is 0.312. The van der Waals surface area contributed by atoms with Gasteiger partial charge in [0.05, 0.1) is 41.9 Å². The second-order valence-corrected chi connectivity index (χ2v) is 10.2. The Balaban J connectivity index is 1.19. The number of aryl methyl sites for hydroxylation is 2. The SMILES string of the molecule is CCc1nn(Cc2cccc(C)n2)c2cccc(NC(=O)c3cnc4cc(C=CCOC5CCCCO5)ccn34)c12. The van der Waals surface area contributed by atoms with Crippen LogP contribution in [0, 0.1) is 6.92 Å². The summed E-state index contributed by atoms with van der Waals surface area (Å²) in [5.41, 5.74) is 6.66. The van der Waals surface area contributed by atoms with E-state index in [1.165, 1.54) is 0 Å². The Hall–Kier alpha value is -4.34. The smallest absolute Gasteiger partial charge is 0.274 e. The van der Waals surface area contributed by atoms with Gasteiger partial charge in [-0.1, -0.05) is 31.2 Å². The Morgan fingerprint density at radius 3 is 2.93 bits per heavy atom. The maximum absolute atomic E-state index is 13.5. The predicted octanol–water partition coefficient (Wildman–Crippen LogP) is 5.81. The maximum Gasteiger partial charge on any atom is 0.274 e. The third kappa shape index (κ3) is 5.91. The van der Waals surface area contributed by atoms with Gasteiger partial charge >= 0.3 is 0 Å². The van der Waals surface area contributed by atoms with Crippen LogP contribution >= 0.6 is 0 Å². The van der Waals surface area contributed by atoms with Crippen LogP contribution in [0.3, 0.4) is 0 Å². The molecule has 0 saturated carbocycles. The molecule has 1 aromatic carbocycles. The van der Waals surface area contributed by atoms with Gasteiger partial charge in [0.1, 0.15) is 11.3 Å². The number of nitrogens with zero attached hydrogens (tertiary/aromatic N) is 5. The van der Waals surface area contributed by atoms with Crippen LogP contribution in [0.1, 0.15) is 59.3 Å². The zero-order valence-electron chi connectivity index (χ0n) is 23.4. The molecule has 9 nitrogen and oxygen atoms in total. The number of carbonyl (C=O) groups is 1. The molecule has 1 amide bonds. The minimum atomic E-state index is -0.232. The Morgan fingerprint density at radius 1 is 1.20 bits per heavy atom. The molecule has 0 spiro atoms. The van der Waals surface area contributed by atoms with Crippen molar-refractivity contribution < 1.29 is 14.3 Å². The molecular formula is C32H34N6O3. The van der Waals surface area contributed by atoms with Gasteiger partial charge in [-0.05, 0) is 74.6 Å². The molecule has 0 aliphatic carbocycles. The van der Waals surface area contributed by atoms with Crippen LogP contribution in [0.2, 0.25) is 0 Å². The summed E-state index contributed by atoms with van der Waals surface area (Å²) >= 11 is 0. The quantitative estimate of drug-likeness (QED) is 0.249. The second-order valence-electron chi connectivity index (χ2n) is 10.2. The van der Waals surface area contributed by atoms with Crippen LogP contribution in [-0.4, -0.2) is 49.6 Å². The molecule has 1 saturated heterocycles. The van der Waals surface area contributed by atoms with Gasteiger partial charge in [0.2, 0.25) is 0 Å². The monoisotopic (exact) mass is 550 g/mol. The van der Waals surface area contributed by atoms with Crippen molar-refractivity contribution in [2.24, 2.45) is 0 Å². The van der Waals surface area contributed by atoms with Crippen LogP contribution in [0.5, 0.6) is 0 Å². The van der Waals surface area contributed by atoms with Crippen LogP contribution < -0.4 is 5.32 Å². The van der Waals surface area contributed by atoms with Crippen molar-refractivity contribution in [3.8, 4) is 0 Å². The van der Waals surface area contributed by atoms with Crippen LogP contribution in [0.15, 0.2) is 67.0 Å². The van der Waals surface area contributed by atoms with Gasteiger partial charge in [0.25, 0.3) is 5.91 Å². The average molecular weight is 551 g/mol. The lowest BCUT2D eigenvalue weighted by molar-refractivity contribution is -0.155. The molecule has 1 aliphatic heterocycles. The van der Waals surface area contributed by atoms with Gasteiger partial charge in [-0.25, -0.2) is 4.98 Å². The molecule has 1 fully saturated rings. The van der Waals surface area contributed by atoms with Gasteiger partial charge in [0, 0.05) is 23.9 Å². The van der Waals surface area contributed by atoms with Gasteiger partial charge in [-0.15, -0.1) is 0 Å². The molecule has 1 aliphatic rings. The molecular weight excluding hydrogens is 516 g/mol. The zero-order chi connectivity index (χ0) is 28.2. The number of aromatic nitrogens is 5. The molecule has 1 N–H and O–H groups in total. The van der Waals surface area contributed by atoms with E-state index in [1.54, 1.807) is 10.6 Å². The molecule has 6 rings (SSSR count). The van der Waals surface area contributed by atoms with Crippen molar-refractivity contribution in [1.29, 1.82) is 0 Å². The summed E-state index contributed by atoms with van der Waals surface area (Å²) in [4.78, 5) is 22.6. The summed E-state index contributed by atoms with van der Waals surface area (Å²) in [6, 6.07) is 15.8. The first-order valence-corrected chi connectivity index (χ1v) is 14.2. The Labute approximate surface area is 238 Å². The largest absolute Gasteiger partial charge is 0.353 e. The van der Waals surface area contributed by atoms with Crippen LogP contribution in [0.25, 0.3) is 22.6 Å². The highest BCUT2D eigenvalue weighted by molar-refractivity contribution is 6.08. The molecule has 41 heavy (non-hydrogen) atoms. The predicted molar refractivity (Wildman–Crippen MR) is 159 cm³/mol. The molecule has 9 heteroatoms. The number of carbonyl (C=O) groups excluding carboxylic acids is 1. The average Bonchev–Trinajstić information content (AvgIpc) is 3.58. The zero-order valence-corrected chi connectivity index (χ0v) is 23.4. The first-order chi connectivity index (χ1) is 20.1. The van der Waals surface area contributed by atoms with E-state index in [4.69, 9.17) is 14.6 Å². The highest BCUT2D eigenvalue weighted by Gasteiger charge is 2.18. The topological polar surface area (TPSA) is 95.6 Å². The van der Waals surface area contributed by atoms with Crippen LogP contribution in [0.4, 0.5) is 5.69 Å². The van der Waals surface area contributed by atoms with E-state index in [0.717, 1.165) is 71.5 Å². The standard InChI is InChI=1S/C32H34N6O3/c1-3-25-31-26(12-7-13-27(31)38(36-25)21-24-11-6-9-22(2)34-24)35-32(39)28-20-33-29-19-23(15-16-37(28)29)10-8-18-41-30-14-4-5-17-40-30/h6-13,15-16,19-20,30H,3-5,14,17-18,21H2,1-2H3,(H,35,39). The fourth-order valence-electron chi connectivity index (χ4n) is 5.27. The van der Waals surface area contributed by atoms with Gasteiger partial charge < -0.3 is 14.8 Å². The number of imidazole rings is 1. The van der Waals surface area contributed by atoms with Crippen molar-refractivity contribution >= 4 is 34.2 Å². The Morgan fingerprint density at radius 2 is 2.10 bits per heavy atom. The summed E-state index contributed by atoms with van der Waals surface area (Å²) < 4.78 is 15.1. The Bertz CT molecular complexity index is 1710. The van der Waals surface area contributed by atoms with Crippen LogP contribution in [-0.2, 0) is 22.4 Å². The van der Waals surface area contributed by atoms with E-state index in [2.05, 4.69) is 22.2 Å². The lowest BCUT2D eigenvalue weighted by Gasteiger charge is -2.21. The number of nitrogens with one attached hydrogen (secondary N) is 1. The fourth-order valence-corrected chi connectivity index (χ4v) is 5.27. The maximum atomic E-state index is 13.5. The first-order valence-electron chi connectivity index (χ1n) is 14.2. The summed E-state index contributed by atoms with van der Waals surface area (Å²) in [6.45, 7) is 5.87. The number of benzene rings is 1. The lowest BCUT2D eigenvalue weighted by atomic mass is 10.1.